The maximum atomic E-state index is 11.1. The number of nitro benzene ring substituents is 1. The van der Waals surface area contributed by atoms with Crippen LogP contribution in [0.2, 0.25) is 0 Å². The SMILES string of the molecule is COc1ccc(OC)c(C(O)c2ccccc2[N+](=O)[O-])c1. The van der Waals surface area contributed by atoms with Crippen LogP contribution in [0.15, 0.2) is 42.5 Å². The van der Waals surface area contributed by atoms with Crippen LogP contribution in [0.1, 0.15) is 17.2 Å². The normalized spacial score (nSPS) is 11.8. The van der Waals surface area contributed by atoms with E-state index in [9.17, 15) is 15.2 Å². The first-order valence-electron chi connectivity index (χ1n) is 6.21. The van der Waals surface area contributed by atoms with Crippen LogP contribution in [0.25, 0.3) is 0 Å². The Morgan fingerprint density at radius 2 is 1.81 bits per heavy atom. The van der Waals surface area contributed by atoms with Crippen molar-refractivity contribution in [3.05, 3.63) is 63.7 Å². The summed E-state index contributed by atoms with van der Waals surface area (Å²) in [4.78, 5) is 10.6. The van der Waals surface area contributed by atoms with Crippen molar-refractivity contribution < 1.29 is 19.5 Å². The Morgan fingerprint density at radius 3 is 2.43 bits per heavy atom. The van der Waals surface area contributed by atoms with Gasteiger partial charge >= 0.3 is 0 Å². The minimum absolute atomic E-state index is 0.144. The maximum absolute atomic E-state index is 11.1. The predicted octanol–water partition coefficient (Wildman–Crippen LogP) is 2.69. The van der Waals surface area contributed by atoms with Gasteiger partial charge in [0.15, 0.2) is 0 Å². The fourth-order valence-corrected chi connectivity index (χ4v) is 2.11. The zero-order valence-corrected chi connectivity index (χ0v) is 11.6. The summed E-state index contributed by atoms with van der Waals surface area (Å²) in [7, 11) is 2.97. The molecule has 0 aromatic heterocycles. The van der Waals surface area contributed by atoms with Crippen molar-refractivity contribution in [1.82, 2.24) is 0 Å². The summed E-state index contributed by atoms with van der Waals surface area (Å²) in [6.07, 6.45) is -1.18. The highest BCUT2D eigenvalue weighted by Gasteiger charge is 2.24. The zero-order chi connectivity index (χ0) is 15.4. The number of aliphatic hydroxyl groups excluding tert-OH is 1. The number of nitro groups is 1. The Hall–Kier alpha value is -2.60. The maximum Gasteiger partial charge on any atom is 0.275 e. The van der Waals surface area contributed by atoms with Gasteiger partial charge in [-0.3, -0.25) is 10.1 Å². The Morgan fingerprint density at radius 1 is 1.10 bits per heavy atom. The molecule has 0 radical (unpaired) electrons. The molecular formula is C15H15NO5. The minimum Gasteiger partial charge on any atom is -0.497 e. The van der Waals surface area contributed by atoms with Crippen LogP contribution in [-0.2, 0) is 0 Å². The highest BCUT2D eigenvalue weighted by Crippen LogP contribution is 2.36. The van der Waals surface area contributed by atoms with Gasteiger partial charge in [-0.15, -0.1) is 0 Å². The van der Waals surface area contributed by atoms with E-state index in [0.29, 0.717) is 17.1 Å². The van der Waals surface area contributed by atoms with Crippen molar-refractivity contribution >= 4 is 5.69 Å². The fraction of sp³-hybridized carbons (Fsp3) is 0.200. The molecule has 6 nitrogen and oxygen atoms in total. The minimum atomic E-state index is -1.18. The molecule has 0 aliphatic rings. The highest BCUT2D eigenvalue weighted by atomic mass is 16.6. The van der Waals surface area contributed by atoms with Crippen molar-refractivity contribution in [2.24, 2.45) is 0 Å². The van der Waals surface area contributed by atoms with Gasteiger partial charge in [0.2, 0.25) is 0 Å². The van der Waals surface area contributed by atoms with Gasteiger partial charge < -0.3 is 14.6 Å². The Bertz CT molecular complexity index is 656. The average molecular weight is 289 g/mol. The van der Waals surface area contributed by atoms with Crippen molar-refractivity contribution in [2.75, 3.05) is 14.2 Å². The predicted molar refractivity (Wildman–Crippen MR) is 76.7 cm³/mol. The first-order chi connectivity index (χ1) is 10.1. The van der Waals surface area contributed by atoms with Crippen LogP contribution in [0.3, 0.4) is 0 Å². The summed E-state index contributed by atoms with van der Waals surface area (Å²) in [5.41, 5.74) is 0.468. The molecular weight excluding hydrogens is 274 g/mol. The van der Waals surface area contributed by atoms with Gasteiger partial charge in [-0.2, -0.15) is 0 Å². The second kappa shape index (κ2) is 6.23. The molecule has 0 spiro atoms. The molecule has 1 unspecified atom stereocenters. The van der Waals surface area contributed by atoms with E-state index in [-0.39, 0.29) is 11.3 Å². The molecule has 1 N–H and O–H groups in total. The molecule has 0 bridgehead atoms. The molecule has 0 heterocycles. The summed E-state index contributed by atoms with van der Waals surface area (Å²) >= 11 is 0. The van der Waals surface area contributed by atoms with E-state index in [1.165, 1.54) is 26.4 Å². The Kier molecular flexibility index (Phi) is 4.39. The van der Waals surface area contributed by atoms with Crippen LogP contribution in [0.4, 0.5) is 5.69 Å². The smallest absolute Gasteiger partial charge is 0.275 e. The molecule has 0 saturated carbocycles. The lowest BCUT2D eigenvalue weighted by Gasteiger charge is -2.16. The van der Waals surface area contributed by atoms with Gasteiger partial charge in [-0.25, -0.2) is 0 Å². The quantitative estimate of drug-likeness (QED) is 0.676. The first kappa shape index (κ1) is 14.8. The average Bonchev–Trinajstić information content (AvgIpc) is 2.53. The Balaban J connectivity index is 2.54. The number of aliphatic hydroxyl groups is 1. The van der Waals surface area contributed by atoms with E-state index in [1.54, 1.807) is 30.3 Å². The summed E-state index contributed by atoms with van der Waals surface area (Å²) in [6.45, 7) is 0. The molecule has 21 heavy (non-hydrogen) atoms. The lowest BCUT2D eigenvalue weighted by molar-refractivity contribution is -0.386. The van der Waals surface area contributed by atoms with Crippen LogP contribution >= 0.6 is 0 Å². The second-order valence-electron chi connectivity index (χ2n) is 4.33. The molecule has 2 aromatic rings. The number of hydrogen-bond donors (Lipinski definition) is 1. The number of nitrogens with zero attached hydrogens (tertiary/aromatic N) is 1. The van der Waals surface area contributed by atoms with Gasteiger partial charge in [0, 0.05) is 11.6 Å². The third-order valence-corrected chi connectivity index (χ3v) is 3.16. The summed E-state index contributed by atoms with van der Waals surface area (Å²) in [6, 6.07) is 11.0. The zero-order valence-electron chi connectivity index (χ0n) is 11.6. The molecule has 1 atom stereocenters. The number of benzene rings is 2. The topological polar surface area (TPSA) is 81.8 Å². The van der Waals surface area contributed by atoms with E-state index in [4.69, 9.17) is 9.47 Å². The van der Waals surface area contributed by atoms with Crippen LogP contribution in [0.5, 0.6) is 11.5 Å². The fourth-order valence-electron chi connectivity index (χ4n) is 2.11. The third kappa shape index (κ3) is 2.95. The van der Waals surface area contributed by atoms with Gasteiger partial charge in [-0.1, -0.05) is 12.1 Å². The molecule has 2 aromatic carbocycles. The largest absolute Gasteiger partial charge is 0.497 e. The van der Waals surface area contributed by atoms with Gasteiger partial charge in [0.25, 0.3) is 5.69 Å². The van der Waals surface area contributed by atoms with Gasteiger partial charge in [-0.05, 0) is 24.3 Å². The molecule has 2 rings (SSSR count). The van der Waals surface area contributed by atoms with E-state index in [2.05, 4.69) is 0 Å². The van der Waals surface area contributed by atoms with Crippen molar-refractivity contribution in [1.29, 1.82) is 0 Å². The lowest BCUT2D eigenvalue weighted by Crippen LogP contribution is -2.06. The number of para-hydroxylation sites is 1. The molecule has 0 aliphatic heterocycles. The van der Waals surface area contributed by atoms with Gasteiger partial charge in [0.05, 0.1) is 24.7 Å². The lowest BCUT2D eigenvalue weighted by atomic mass is 9.99. The van der Waals surface area contributed by atoms with E-state index >= 15 is 0 Å². The van der Waals surface area contributed by atoms with E-state index in [1.807, 2.05) is 0 Å². The second-order valence-corrected chi connectivity index (χ2v) is 4.33. The number of rotatable bonds is 5. The van der Waals surface area contributed by atoms with Crippen LogP contribution in [0, 0.1) is 10.1 Å². The number of methoxy groups -OCH3 is 2. The summed E-state index contributed by atoms with van der Waals surface area (Å²) in [5, 5.41) is 21.6. The third-order valence-electron chi connectivity index (χ3n) is 3.16. The molecule has 0 amide bonds. The van der Waals surface area contributed by atoms with Crippen LogP contribution < -0.4 is 9.47 Å². The molecule has 110 valence electrons. The van der Waals surface area contributed by atoms with Crippen molar-refractivity contribution in [3.8, 4) is 11.5 Å². The summed E-state index contributed by atoms with van der Waals surface area (Å²) < 4.78 is 10.3. The standard InChI is InChI=1S/C15H15NO5/c1-20-10-7-8-14(21-2)12(9-10)15(17)11-5-3-4-6-13(11)16(18)19/h3-9,15,17H,1-2H3. The summed E-state index contributed by atoms with van der Waals surface area (Å²) in [5.74, 6) is 0.963. The Labute approximate surface area is 121 Å². The molecule has 0 aliphatic carbocycles. The van der Waals surface area contributed by atoms with Crippen LogP contribution in [-0.4, -0.2) is 24.2 Å². The monoisotopic (exact) mass is 289 g/mol. The van der Waals surface area contributed by atoms with E-state index in [0.717, 1.165) is 0 Å². The van der Waals surface area contributed by atoms with Crippen molar-refractivity contribution in [3.63, 3.8) is 0 Å². The first-order valence-corrected chi connectivity index (χ1v) is 6.21. The van der Waals surface area contributed by atoms with Gasteiger partial charge in [0.1, 0.15) is 17.6 Å². The molecule has 0 fully saturated rings. The number of ether oxygens (including phenoxy) is 2. The van der Waals surface area contributed by atoms with Crippen molar-refractivity contribution in [2.45, 2.75) is 6.10 Å². The number of hydrogen-bond acceptors (Lipinski definition) is 5. The molecule has 0 saturated heterocycles. The highest BCUT2D eigenvalue weighted by molar-refractivity contribution is 5.50. The van der Waals surface area contributed by atoms with E-state index < -0.39 is 11.0 Å². The molecule has 6 heteroatoms.